The Morgan fingerprint density at radius 3 is 1.89 bits per heavy atom. The zero-order valence-electron chi connectivity index (χ0n) is 18.1. The summed E-state index contributed by atoms with van der Waals surface area (Å²) in [5, 5.41) is 0. The SMILES string of the molecule is CCC=CC(CCCCCCC)CC(OC)(c1ccccc1)c1ccccc1. The number of rotatable bonds is 13. The van der Waals surface area contributed by atoms with E-state index in [-0.39, 0.29) is 0 Å². The molecule has 0 heterocycles. The van der Waals surface area contributed by atoms with Crippen LogP contribution in [0.5, 0.6) is 0 Å². The van der Waals surface area contributed by atoms with Crippen molar-refractivity contribution in [3.05, 3.63) is 83.9 Å². The summed E-state index contributed by atoms with van der Waals surface area (Å²) in [5.74, 6) is 0.516. The summed E-state index contributed by atoms with van der Waals surface area (Å²) >= 11 is 0. The monoisotopic (exact) mass is 378 g/mol. The van der Waals surface area contributed by atoms with Gasteiger partial charge in [0.2, 0.25) is 0 Å². The smallest absolute Gasteiger partial charge is 0.118 e. The zero-order chi connectivity index (χ0) is 20.1. The van der Waals surface area contributed by atoms with Gasteiger partial charge in [0, 0.05) is 7.11 Å². The summed E-state index contributed by atoms with van der Waals surface area (Å²) in [4.78, 5) is 0. The molecule has 0 radical (unpaired) electrons. The van der Waals surface area contributed by atoms with Gasteiger partial charge in [-0.3, -0.25) is 0 Å². The maximum Gasteiger partial charge on any atom is 0.118 e. The van der Waals surface area contributed by atoms with Crippen molar-refractivity contribution < 1.29 is 4.74 Å². The molecule has 2 aromatic rings. The molecule has 0 aliphatic carbocycles. The molecule has 0 amide bonds. The molecule has 0 spiro atoms. The zero-order valence-corrected chi connectivity index (χ0v) is 18.1. The van der Waals surface area contributed by atoms with E-state index in [1.165, 1.54) is 49.7 Å². The molecule has 0 fully saturated rings. The molecule has 0 aliphatic rings. The van der Waals surface area contributed by atoms with E-state index in [0.29, 0.717) is 5.92 Å². The van der Waals surface area contributed by atoms with Gasteiger partial charge in [-0.15, -0.1) is 0 Å². The molecule has 2 aromatic carbocycles. The summed E-state index contributed by atoms with van der Waals surface area (Å²) < 4.78 is 6.33. The summed E-state index contributed by atoms with van der Waals surface area (Å²) in [6.07, 6.45) is 14.7. The van der Waals surface area contributed by atoms with E-state index in [4.69, 9.17) is 4.74 Å². The van der Waals surface area contributed by atoms with Crippen LogP contribution in [0.1, 0.15) is 76.3 Å². The van der Waals surface area contributed by atoms with Crippen molar-refractivity contribution in [1.82, 2.24) is 0 Å². The molecule has 152 valence electrons. The fourth-order valence-corrected chi connectivity index (χ4v) is 4.11. The van der Waals surface area contributed by atoms with Crippen LogP contribution in [0.3, 0.4) is 0 Å². The summed E-state index contributed by atoms with van der Waals surface area (Å²) in [6.45, 7) is 4.49. The fourth-order valence-electron chi connectivity index (χ4n) is 4.11. The minimum atomic E-state index is -0.408. The van der Waals surface area contributed by atoms with Gasteiger partial charge in [0.25, 0.3) is 0 Å². The van der Waals surface area contributed by atoms with Crippen molar-refractivity contribution in [1.29, 1.82) is 0 Å². The summed E-state index contributed by atoms with van der Waals surface area (Å²) in [6, 6.07) is 21.5. The van der Waals surface area contributed by atoms with Crippen LogP contribution in [0.25, 0.3) is 0 Å². The molecule has 0 N–H and O–H groups in total. The van der Waals surface area contributed by atoms with Crippen molar-refractivity contribution >= 4 is 0 Å². The quantitative estimate of drug-likeness (QED) is 0.254. The van der Waals surface area contributed by atoms with Gasteiger partial charge in [0.15, 0.2) is 0 Å². The van der Waals surface area contributed by atoms with Crippen LogP contribution in [-0.2, 0) is 10.3 Å². The highest BCUT2D eigenvalue weighted by Gasteiger charge is 2.36. The normalized spacial score (nSPS) is 13.1. The number of unbranched alkanes of at least 4 members (excludes halogenated alkanes) is 4. The average Bonchev–Trinajstić information content (AvgIpc) is 2.76. The Morgan fingerprint density at radius 1 is 0.821 bits per heavy atom. The second kappa shape index (κ2) is 12.6. The second-order valence-electron chi connectivity index (χ2n) is 7.77. The molecule has 0 aliphatic heterocycles. The van der Waals surface area contributed by atoms with Crippen molar-refractivity contribution in [3.63, 3.8) is 0 Å². The summed E-state index contributed by atoms with van der Waals surface area (Å²) in [7, 11) is 1.86. The lowest BCUT2D eigenvalue weighted by atomic mass is 9.77. The molecule has 28 heavy (non-hydrogen) atoms. The van der Waals surface area contributed by atoms with Crippen LogP contribution >= 0.6 is 0 Å². The van der Waals surface area contributed by atoms with Crippen LogP contribution in [0.2, 0.25) is 0 Å². The molecule has 2 rings (SSSR count). The summed E-state index contributed by atoms with van der Waals surface area (Å²) in [5.41, 5.74) is 2.07. The van der Waals surface area contributed by atoms with Gasteiger partial charge in [0.1, 0.15) is 5.60 Å². The fraction of sp³-hybridized carbons (Fsp3) is 0.481. The highest BCUT2D eigenvalue weighted by atomic mass is 16.5. The topological polar surface area (TPSA) is 9.23 Å². The van der Waals surface area contributed by atoms with Gasteiger partial charge in [0.05, 0.1) is 0 Å². The van der Waals surface area contributed by atoms with Crippen LogP contribution < -0.4 is 0 Å². The van der Waals surface area contributed by atoms with Crippen molar-refractivity contribution in [2.45, 2.75) is 70.8 Å². The largest absolute Gasteiger partial charge is 0.369 e. The Kier molecular flexibility index (Phi) is 10.1. The van der Waals surface area contributed by atoms with E-state index < -0.39 is 5.60 Å². The average molecular weight is 379 g/mol. The molecule has 1 atom stereocenters. The first kappa shape index (κ1) is 22.4. The van der Waals surface area contributed by atoms with Crippen molar-refractivity contribution in [2.75, 3.05) is 7.11 Å². The second-order valence-corrected chi connectivity index (χ2v) is 7.77. The lowest BCUT2D eigenvalue weighted by molar-refractivity contribution is 0.00437. The van der Waals surface area contributed by atoms with Crippen LogP contribution in [0, 0.1) is 5.92 Å². The standard InChI is InChI=1S/C27H38O/c1-4-6-8-9-12-18-24(17-7-5-2)23-27(28-3,25-19-13-10-14-20-25)26-21-15-11-16-22-26/h7,10-11,13-17,19-22,24H,4-6,8-9,12,18,23H2,1-3H3. The third-order valence-corrected chi connectivity index (χ3v) is 5.70. The van der Waals surface area contributed by atoms with Crippen molar-refractivity contribution in [2.24, 2.45) is 5.92 Å². The Bertz CT molecular complexity index is 620. The van der Waals surface area contributed by atoms with Crippen LogP contribution in [0.4, 0.5) is 0 Å². The van der Waals surface area contributed by atoms with Crippen LogP contribution in [0.15, 0.2) is 72.8 Å². The van der Waals surface area contributed by atoms with Crippen LogP contribution in [-0.4, -0.2) is 7.11 Å². The maximum atomic E-state index is 6.33. The highest BCUT2D eigenvalue weighted by Crippen LogP contribution is 2.40. The molecule has 0 saturated carbocycles. The van der Waals surface area contributed by atoms with E-state index in [2.05, 4.69) is 86.7 Å². The van der Waals surface area contributed by atoms with E-state index in [9.17, 15) is 0 Å². The first-order chi connectivity index (χ1) is 13.8. The minimum absolute atomic E-state index is 0.408. The first-order valence-corrected chi connectivity index (χ1v) is 11.1. The molecule has 0 aromatic heterocycles. The molecule has 1 nitrogen and oxygen atoms in total. The van der Waals surface area contributed by atoms with Gasteiger partial charge in [-0.2, -0.15) is 0 Å². The Morgan fingerprint density at radius 2 is 1.39 bits per heavy atom. The van der Waals surface area contributed by atoms with Gasteiger partial charge in [-0.05, 0) is 36.3 Å². The third kappa shape index (κ3) is 6.34. The number of allylic oxidation sites excluding steroid dienone is 2. The number of methoxy groups -OCH3 is 1. The lowest BCUT2D eigenvalue weighted by Crippen LogP contribution is -2.32. The Hall–Kier alpha value is -1.86. The Balaban J connectivity index is 2.28. The predicted octanol–water partition coefficient (Wildman–Crippen LogP) is 7.91. The van der Waals surface area contributed by atoms with E-state index in [1.807, 2.05) is 7.11 Å². The minimum Gasteiger partial charge on any atom is -0.369 e. The molecule has 0 bridgehead atoms. The van der Waals surface area contributed by atoms with Gasteiger partial charge in [-0.25, -0.2) is 0 Å². The number of ether oxygens (including phenoxy) is 1. The van der Waals surface area contributed by atoms with Gasteiger partial charge in [-0.1, -0.05) is 119 Å². The molecule has 1 unspecified atom stereocenters. The Labute approximate surface area is 172 Å². The number of hydrogen-bond acceptors (Lipinski definition) is 1. The number of benzene rings is 2. The third-order valence-electron chi connectivity index (χ3n) is 5.70. The van der Waals surface area contributed by atoms with E-state index in [1.54, 1.807) is 0 Å². The van der Waals surface area contributed by atoms with Gasteiger partial charge >= 0.3 is 0 Å². The molecular weight excluding hydrogens is 340 g/mol. The van der Waals surface area contributed by atoms with Gasteiger partial charge < -0.3 is 4.74 Å². The van der Waals surface area contributed by atoms with E-state index in [0.717, 1.165) is 12.8 Å². The predicted molar refractivity (Wildman–Crippen MR) is 122 cm³/mol. The molecular formula is C27H38O. The first-order valence-electron chi connectivity index (χ1n) is 11.1. The highest BCUT2D eigenvalue weighted by molar-refractivity contribution is 5.36. The van der Waals surface area contributed by atoms with E-state index >= 15 is 0 Å². The number of hydrogen-bond donors (Lipinski definition) is 0. The maximum absolute atomic E-state index is 6.33. The molecule has 1 heteroatoms. The lowest BCUT2D eigenvalue weighted by Gasteiger charge is -2.36. The van der Waals surface area contributed by atoms with Crippen molar-refractivity contribution in [3.8, 4) is 0 Å². The molecule has 0 saturated heterocycles.